The van der Waals surface area contributed by atoms with Gasteiger partial charge in [0.15, 0.2) is 0 Å². The summed E-state index contributed by atoms with van der Waals surface area (Å²) in [5.41, 5.74) is 7.50. The molecule has 0 amide bonds. The molecule has 0 radical (unpaired) electrons. The second-order valence-electron chi connectivity index (χ2n) is 2.71. The number of aliphatic hydroxyl groups excluding tert-OH is 1. The first-order chi connectivity index (χ1) is 5.70. The van der Waals surface area contributed by atoms with Crippen molar-refractivity contribution < 1.29 is 5.11 Å². The van der Waals surface area contributed by atoms with Crippen LogP contribution in [0.5, 0.6) is 0 Å². The van der Waals surface area contributed by atoms with Gasteiger partial charge in [-0.05, 0) is 35.0 Å². The van der Waals surface area contributed by atoms with Crippen LogP contribution in [0.3, 0.4) is 0 Å². The minimum Gasteiger partial charge on any atom is -0.392 e. The molecule has 12 heavy (non-hydrogen) atoms. The number of aliphatic hydroxyl groups is 1. The SMILES string of the molecule is Cn1c(CCN)cc(CO)c1Br. The van der Waals surface area contributed by atoms with E-state index in [4.69, 9.17) is 10.8 Å². The zero-order valence-corrected chi connectivity index (χ0v) is 8.63. The number of aromatic nitrogens is 1. The van der Waals surface area contributed by atoms with Crippen molar-refractivity contribution in [3.63, 3.8) is 0 Å². The Hall–Kier alpha value is -0.320. The molecule has 68 valence electrons. The minimum atomic E-state index is 0.0684. The highest BCUT2D eigenvalue weighted by atomic mass is 79.9. The smallest absolute Gasteiger partial charge is 0.0901 e. The summed E-state index contributed by atoms with van der Waals surface area (Å²) in [4.78, 5) is 0. The van der Waals surface area contributed by atoms with Gasteiger partial charge in [-0.1, -0.05) is 0 Å². The lowest BCUT2D eigenvalue weighted by Gasteiger charge is -2.01. The lowest BCUT2D eigenvalue weighted by atomic mass is 10.3. The zero-order chi connectivity index (χ0) is 9.14. The van der Waals surface area contributed by atoms with Crippen molar-refractivity contribution in [1.29, 1.82) is 0 Å². The Morgan fingerprint density at radius 2 is 2.33 bits per heavy atom. The molecular weight excluding hydrogens is 220 g/mol. The van der Waals surface area contributed by atoms with Gasteiger partial charge in [0.05, 0.1) is 11.2 Å². The lowest BCUT2D eigenvalue weighted by molar-refractivity contribution is 0.281. The van der Waals surface area contributed by atoms with E-state index in [9.17, 15) is 0 Å². The van der Waals surface area contributed by atoms with Crippen LogP contribution in [0.25, 0.3) is 0 Å². The van der Waals surface area contributed by atoms with Gasteiger partial charge in [-0.25, -0.2) is 0 Å². The Balaban J connectivity index is 2.98. The summed E-state index contributed by atoms with van der Waals surface area (Å²) in [5.74, 6) is 0. The number of nitrogens with two attached hydrogens (primary N) is 1. The van der Waals surface area contributed by atoms with Gasteiger partial charge in [-0.2, -0.15) is 0 Å². The van der Waals surface area contributed by atoms with E-state index in [2.05, 4.69) is 15.9 Å². The second-order valence-corrected chi connectivity index (χ2v) is 3.46. The van der Waals surface area contributed by atoms with E-state index in [0.29, 0.717) is 6.54 Å². The molecule has 0 aromatic carbocycles. The Morgan fingerprint density at radius 1 is 1.67 bits per heavy atom. The molecule has 0 spiro atoms. The topological polar surface area (TPSA) is 51.2 Å². The third-order valence-corrected chi connectivity index (χ3v) is 2.94. The molecule has 1 aromatic rings. The van der Waals surface area contributed by atoms with Crippen LogP contribution in [-0.2, 0) is 20.1 Å². The average molecular weight is 233 g/mol. The molecular formula is C8H13BrN2O. The van der Waals surface area contributed by atoms with E-state index in [1.807, 2.05) is 17.7 Å². The number of hydrogen-bond acceptors (Lipinski definition) is 2. The molecule has 1 aromatic heterocycles. The predicted molar refractivity (Wildman–Crippen MR) is 51.8 cm³/mol. The lowest BCUT2D eigenvalue weighted by Crippen LogP contribution is -2.06. The maximum atomic E-state index is 8.95. The monoisotopic (exact) mass is 232 g/mol. The summed E-state index contributed by atoms with van der Waals surface area (Å²) in [6, 6.07) is 1.97. The van der Waals surface area contributed by atoms with E-state index in [0.717, 1.165) is 22.3 Å². The highest BCUT2D eigenvalue weighted by Gasteiger charge is 2.07. The summed E-state index contributed by atoms with van der Waals surface area (Å²) in [5, 5.41) is 8.95. The number of rotatable bonds is 3. The Labute approximate surface area is 80.3 Å². The van der Waals surface area contributed by atoms with Gasteiger partial charge >= 0.3 is 0 Å². The van der Waals surface area contributed by atoms with Crippen molar-refractivity contribution in [3.8, 4) is 0 Å². The van der Waals surface area contributed by atoms with Crippen molar-refractivity contribution in [2.75, 3.05) is 6.54 Å². The average Bonchev–Trinajstić information content (AvgIpc) is 2.33. The highest BCUT2D eigenvalue weighted by molar-refractivity contribution is 9.10. The van der Waals surface area contributed by atoms with Gasteiger partial charge in [-0.15, -0.1) is 0 Å². The third-order valence-electron chi connectivity index (χ3n) is 1.90. The summed E-state index contributed by atoms with van der Waals surface area (Å²) < 4.78 is 2.94. The number of hydrogen-bond donors (Lipinski definition) is 2. The molecule has 4 heteroatoms. The molecule has 1 rings (SSSR count). The molecule has 0 aliphatic heterocycles. The summed E-state index contributed by atoms with van der Waals surface area (Å²) in [7, 11) is 1.95. The number of halogens is 1. The first kappa shape index (κ1) is 9.77. The van der Waals surface area contributed by atoms with Crippen molar-refractivity contribution in [3.05, 3.63) is 21.9 Å². The van der Waals surface area contributed by atoms with Gasteiger partial charge in [0, 0.05) is 18.3 Å². The Kier molecular flexibility index (Phi) is 3.31. The second kappa shape index (κ2) is 4.07. The molecule has 0 saturated heterocycles. The van der Waals surface area contributed by atoms with Crippen LogP contribution < -0.4 is 5.73 Å². The number of nitrogens with zero attached hydrogens (tertiary/aromatic N) is 1. The third kappa shape index (κ3) is 1.71. The van der Waals surface area contributed by atoms with Gasteiger partial charge in [0.2, 0.25) is 0 Å². The Bertz CT molecular complexity index is 270. The molecule has 0 unspecified atom stereocenters. The normalized spacial score (nSPS) is 10.7. The largest absolute Gasteiger partial charge is 0.392 e. The molecule has 0 fully saturated rings. The highest BCUT2D eigenvalue weighted by Crippen LogP contribution is 2.20. The molecule has 0 saturated carbocycles. The first-order valence-electron chi connectivity index (χ1n) is 3.84. The molecule has 0 bridgehead atoms. The maximum absolute atomic E-state index is 8.95. The predicted octanol–water partition coefficient (Wildman–Crippen LogP) is 0.781. The molecule has 3 N–H and O–H groups in total. The Morgan fingerprint density at radius 3 is 2.75 bits per heavy atom. The van der Waals surface area contributed by atoms with E-state index in [-0.39, 0.29) is 6.61 Å². The van der Waals surface area contributed by atoms with Crippen LogP contribution in [0.15, 0.2) is 10.7 Å². The van der Waals surface area contributed by atoms with Crippen LogP contribution in [0.4, 0.5) is 0 Å². The molecule has 0 atom stereocenters. The van der Waals surface area contributed by atoms with E-state index < -0.39 is 0 Å². The van der Waals surface area contributed by atoms with Crippen LogP contribution in [0.1, 0.15) is 11.3 Å². The van der Waals surface area contributed by atoms with Gasteiger partial charge in [0.1, 0.15) is 0 Å². The fourth-order valence-electron chi connectivity index (χ4n) is 1.20. The van der Waals surface area contributed by atoms with Gasteiger partial charge < -0.3 is 15.4 Å². The van der Waals surface area contributed by atoms with Crippen LogP contribution in [-0.4, -0.2) is 16.2 Å². The summed E-state index contributed by atoms with van der Waals surface area (Å²) >= 11 is 3.39. The quantitative estimate of drug-likeness (QED) is 0.810. The van der Waals surface area contributed by atoms with Gasteiger partial charge in [-0.3, -0.25) is 0 Å². The van der Waals surface area contributed by atoms with E-state index >= 15 is 0 Å². The van der Waals surface area contributed by atoms with Crippen LogP contribution >= 0.6 is 15.9 Å². The zero-order valence-electron chi connectivity index (χ0n) is 7.05. The molecule has 3 nitrogen and oxygen atoms in total. The first-order valence-corrected chi connectivity index (χ1v) is 4.64. The van der Waals surface area contributed by atoms with Crippen molar-refractivity contribution in [2.24, 2.45) is 12.8 Å². The minimum absolute atomic E-state index is 0.0684. The molecule has 0 aliphatic carbocycles. The fourth-order valence-corrected chi connectivity index (χ4v) is 1.67. The maximum Gasteiger partial charge on any atom is 0.0901 e. The van der Waals surface area contributed by atoms with E-state index in [1.54, 1.807) is 0 Å². The standard InChI is InChI=1S/C8H13BrN2O/c1-11-7(2-3-10)4-6(5-12)8(11)9/h4,12H,2-3,5,10H2,1H3. The summed E-state index contributed by atoms with van der Waals surface area (Å²) in [6.07, 6.45) is 0.842. The summed E-state index contributed by atoms with van der Waals surface area (Å²) in [6.45, 7) is 0.703. The van der Waals surface area contributed by atoms with Crippen LogP contribution in [0, 0.1) is 0 Å². The molecule has 0 aliphatic rings. The van der Waals surface area contributed by atoms with Crippen molar-refractivity contribution >= 4 is 15.9 Å². The van der Waals surface area contributed by atoms with E-state index in [1.165, 1.54) is 0 Å². The van der Waals surface area contributed by atoms with Crippen LogP contribution in [0.2, 0.25) is 0 Å². The van der Waals surface area contributed by atoms with Crippen molar-refractivity contribution in [2.45, 2.75) is 13.0 Å². The van der Waals surface area contributed by atoms with Crippen molar-refractivity contribution in [1.82, 2.24) is 4.57 Å². The van der Waals surface area contributed by atoms with Gasteiger partial charge in [0.25, 0.3) is 0 Å². The molecule has 1 heterocycles. The fraction of sp³-hybridized carbons (Fsp3) is 0.500.